The Labute approximate surface area is 443 Å². The van der Waals surface area contributed by atoms with Crippen molar-refractivity contribution in [2.75, 3.05) is 6.61 Å². The predicted molar refractivity (Wildman–Crippen MR) is 282 cm³/mol. The minimum Gasteiger partial charge on any atom is -0.480 e. The molecular formula is C53H80N10O13. The number of hydrogen-bond donors (Lipinski definition) is 14. The maximum absolute atomic E-state index is 14.0. The van der Waals surface area contributed by atoms with E-state index in [4.69, 9.17) is 5.73 Å². The Morgan fingerprint density at radius 2 is 0.908 bits per heavy atom. The molecule has 0 aliphatic rings. The number of aliphatic hydroxyl groups is 3. The Morgan fingerprint density at radius 1 is 0.487 bits per heavy atom. The minimum atomic E-state index is -1.71. The lowest BCUT2D eigenvalue weighted by Crippen LogP contribution is -2.63. The van der Waals surface area contributed by atoms with E-state index in [1.165, 1.54) is 13.8 Å². The number of amides is 8. The third kappa shape index (κ3) is 19.3. The molecule has 0 aliphatic heterocycles. The van der Waals surface area contributed by atoms with Gasteiger partial charge < -0.3 is 73.7 Å². The van der Waals surface area contributed by atoms with Crippen LogP contribution >= 0.6 is 0 Å². The summed E-state index contributed by atoms with van der Waals surface area (Å²) in [4.78, 5) is 125. The van der Waals surface area contributed by atoms with E-state index in [0.29, 0.717) is 11.1 Å². The van der Waals surface area contributed by atoms with Crippen LogP contribution in [0.1, 0.15) is 93.2 Å². The number of para-hydroxylation sites is 1. The number of carbonyl (C=O) groups is 9. The number of aliphatic hydroxyl groups excluding tert-OH is 3. The highest BCUT2D eigenvalue weighted by atomic mass is 16.4. The van der Waals surface area contributed by atoms with Crippen LogP contribution in [0.15, 0.2) is 60.8 Å². The summed E-state index contributed by atoms with van der Waals surface area (Å²) in [6, 6.07) is 3.25. The van der Waals surface area contributed by atoms with Crippen LogP contribution < -0.4 is 48.3 Å². The van der Waals surface area contributed by atoms with Crippen molar-refractivity contribution < 1.29 is 63.6 Å². The molecule has 8 amide bonds. The van der Waals surface area contributed by atoms with Gasteiger partial charge in [0.15, 0.2) is 0 Å². The number of rotatable bonds is 30. The first-order valence-electron chi connectivity index (χ1n) is 25.6. The second-order valence-electron chi connectivity index (χ2n) is 20.8. The quantitative estimate of drug-likeness (QED) is 0.0397. The van der Waals surface area contributed by atoms with Gasteiger partial charge in [0.05, 0.1) is 24.9 Å². The van der Waals surface area contributed by atoms with Crippen molar-refractivity contribution in [1.29, 1.82) is 0 Å². The molecule has 420 valence electrons. The molecule has 11 atom stereocenters. The number of aliphatic carboxylic acids is 1. The first kappa shape index (κ1) is 63.3. The molecule has 1 heterocycles. The third-order valence-corrected chi connectivity index (χ3v) is 12.5. The minimum absolute atomic E-state index is 0.0385. The number of hydrogen-bond acceptors (Lipinski definition) is 13. The van der Waals surface area contributed by atoms with E-state index in [1.807, 2.05) is 0 Å². The summed E-state index contributed by atoms with van der Waals surface area (Å²) in [6.07, 6.45) is -1.53. The van der Waals surface area contributed by atoms with Crippen molar-refractivity contribution in [3.05, 3.63) is 71.9 Å². The molecule has 15 N–H and O–H groups in total. The molecule has 23 nitrogen and oxygen atoms in total. The summed E-state index contributed by atoms with van der Waals surface area (Å²) in [6.45, 7) is 15.1. The molecule has 76 heavy (non-hydrogen) atoms. The lowest BCUT2D eigenvalue weighted by Gasteiger charge is -2.30. The van der Waals surface area contributed by atoms with Crippen LogP contribution in [0.2, 0.25) is 0 Å². The molecule has 0 spiro atoms. The highest BCUT2D eigenvalue weighted by Crippen LogP contribution is 2.20. The van der Waals surface area contributed by atoms with Crippen molar-refractivity contribution in [1.82, 2.24) is 47.5 Å². The van der Waals surface area contributed by atoms with Crippen LogP contribution in [0.3, 0.4) is 0 Å². The number of benzene rings is 2. The second kappa shape index (κ2) is 30.0. The van der Waals surface area contributed by atoms with Gasteiger partial charge in [-0.3, -0.25) is 38.4 Å². The van der Waals surface area contributed by atoms with Crippen LogP contribution in [-0.4, -0.2) is 152 Å². The van der Waals surface area contributed by atoms with E-state index in [2.05, 4.69) is 47.5 Å². The van der Waals surface area contributed by atoms with E-state index in [1.54, 1.807) is 116 Å². The maximum Gasteiger partial charge on any atom is 0.326 e. The van der Waals surface area contributed by atoms with Crippen LogP contribution in [0.4, 0.5) is 0 Å². The molecule has 1 aromatic heterocycles. The SMILES string of the molecule is CC(C)C[C@H](NC(=O)[C@H](Cc1ccccc1)NC(=O)[C@@H](N)C(C)C)C(=O)N[C@H](C(=O)N[C@@H](CC(C)C)C(=O)N[C@@H](CO)C(=O)N[C@H](C(=O)N[C@H](C(=O)N[C@@H](Cc1c[nH]c2ccccc12)C(=O)O)[C@@H](C)O)C(C)C)[C@@H](C)O. The number of aromatic amines is 1. The van der Waals surface area contributed by atoms with E-state index in [0.717, 1.165) is 10.9 Å². The van der Waals surface area contributed by atoms with Gasteiger partial charge in [0.2, 0.25) is 47.3 Å². The first-order chi connectivity index (χ1) is 35.6. The monoisotopic (exact) mass is 1060 g/mol. The molecule has 0 fully saturated rings. The molecule has 2 aromatic carbocycles. The number of nitrogens with one attached hydrogen (secondary N) is 9. The maximum atomic E-state index is 14.0. The zero-order valence-corrected chi connectivity index (χ0v) is 45.0. The van der Waals surface area contributed by atoms with E-state index < -0.39 is 132 Å². The summed E-state index contributed by atoms with van der Waals surface area (Å²) in [7, 11) is 0. The summed E-state index contributed by atoms with van der Waals surface area (Å²) in [5, 5.41) is 62.5. The molecule has 0 bridgehead atoms. The van der Waals surface area contributed by atoms with Gasteiger partial charge in [0.1, 0.15) is 48.3 Å². The van der Waals surface area contributed by atoms with Gasteiger partial charge in [0.25, 0.3) is 0 Å². The lowest BCUT2D eigenvalue weighted by molar-refractivity contribution is -0.143. The Morgan fingerprint density at radius 3 is 1.41 bits per heavy atom. The van der Waals surface area contributed by atoms with Crippen molar-refractivity contribution in [2.24, 2.45) is 29.4 Å². The fourth-order valence-corrected chi connectivity index (χ4v) is 8.11. The number of nitrogens with two attached hydrogens (primary N) is 1. The molecular weight excluding hydrogens is 985 g/mol. The van der Waals surface area contributed by atoms with Gasteiger partial charge in [-0.1, -0.05) is 104 Å². The molecule has 3 rings (SSSR count). The summed E-state index contributed by atoms with van der Waals surface area (Å²) >= 11 is 0. The average Bonchev–Trinajstić information content (AvgIpc) is 3.76. The molecule has 0 radical (unpaired) electrons. The summed E-state index contributed by atoms with van der Waals surface area (Å²) < 4.78 is 0. The fourth-order valence-electron chi connectivity index (χ4n) is 8.11. The van der Waals surface area contributed by atoms with Crippen LogP contribution in [-0.2, 0) is 56.0 Å². The van der Waals surface area contributed by atoms with Gasteiger partial charge in [-0.15, -0.1) is 0 Å². The van der Waals surface area contributed by atoms with E-state index in [-0.39, 0.29) is 43.4 Å². The number of fused-ring (bicyclic) bond motifs is 1. The highest BCUT2D eigenvalue weighted by Gasteiger charge is 2.38. The van der Waals surface area contributed by atoms with Gasteiger partial charge in [-0.05, 0) is 67.6 Å². The Balaban J connectivity index is 1.75. The number of carbonyl (C=O) groups excluding carboxylic acids is 8. The molecule has 3 aromatic rings. The smallest absolute Gasteiger partial charge is 0.326 e. The highest BCUT2D eigenvalue weighted by molar-refractivity contribution is 5.98. The van der Waals surface area contributed by atoms with Crippen LogP contribution in [0.5, 0.6) is 0 Å². The van der Waals surface area contributed by atoms with Crippen LogP contribution in [0, 0.1) is 23.7 Å². The molecule has 0 unspecified atom stereocenters. The number of H-pyrrole nitrogens is 1. The van der Waals surface area contributed by atoms with E-state index in [9.17, 15) is 63.6 Å². The molecule has 0 saturated heterocycles. The average molecular weight is 1070 g/mol. The van der Waals surface area contributed by atoms with Gasteiger partial charge in [-0.2, -0.15) is 0 Å². The Kier molecular flexibility index (Phi) is 25.0. The zero-order valence-electron chi connectivity index (χ0n) is 45.0. The van der Waals surface area contributed by atoms with Crippen molar-refractivity contribution in [3.63, 3.8) is 0 Å². The van der Waals surface area contributed by atoms with Gasteiger partial charge >= 0.3 is 5.97 Å². The van der Waals surface area contributed by atoms with Gasteiger partial charge in [-0.25, -0.2) is 4.79 Å². The second-order valence-corrected chi connectivity index (χ2v) is 20.8. The summed E-state index contributed by atoms with van der Waals surface area (Å²) in [5.41, 5.74) is 8.14. The van der Waals surface area contributed by atoms with Crippen LogP contribution in [0.25, 0.3) is 10.9 Å². The lowest BCUT2D eigenvalue weighted by atomic mass is 9.99. The largest absolute Gasteiger partial charge is 0.480 e. The topological polar surface area (TPSA) is 373 Å². The standard InChI is InChI=1S/C53H80N10O13/c1-26(2)20-36(58-51(73)43(30(9)65)62-47(69)37(21-27(3)4)56-46(68)38(22-32-16-12-11-13-17-32)57-49(71)41(54)28(5)6)45(67)60-40(25-64)48(70)61-42(29(7)8)50(72)63-44(31(10)66)52(74)59-39(53(75)76)23-33-24-55-35-19-15-14-18-34(33)35/h11-19,24,26-31,36-44,55,64-66H,20-23,25,54H2,1-10H3,(H,56,68)(H,57,71)(H,58,73)(H,59,74)(H,60,67)(H,61,70)(H,62,69)(H,63,72)(H,75,76)/t30-,31-,36+,37+,38+,39+,40+,41+,42+,43+,44+/m1/s1. The summed E-state index contributed by atoms with van der Waals surface area (Å²) in [5.74, 6) is -9.92. The van der Waals surface area contributed by atoms with Crippen molar-refractivity contribution >= 4 is 64.1 Å². The third-order valence-electron chi connectivity index (χ3n) is 12.5. The number of aromatic nitrogens is 1. The predicted octanol–water partition coefficient (Wildman–Crippen LogP) is -0.599. The normalized spacial score (nSPS) is 15.9. The first-order valence-corrected chi connectivity index (χ1v) is 25.6. The number of carboxylic acid groups (broad SMARTS) is 1. The molecule has 0 saturated carbocycles. The molecule has 23 heteroatoms. The van der Waals surface area contributed by atoms with E-state index >= 15 is 0 Å². The van der Waals surface area contributed by atoms with Crippen molar-refractivity contribution in [2.45, 2.75) is 162 Å². The Bertz CT molecular complexity index is 2440. The zero-order chi connectivity index (χ0) is 57.1. The van der Waals surface area contributed by atoms with Crippen molar-refractivity contribution in [3.8, 4) is 0 Å². The Hall–Kier alpha value is -6.95. The van der Waals surface area contributed by atoms with Gasteiger partial charge in [0, 0.05) is 29.9 Å². The fraction of sp³-hybridized carbons (Fsp3) is 0.566. The molecule has 0 aliphatic carbocycles. The number of carboxylic acids is 1.